The molecule has 0 aliphatic carbocycles. The number of hydrogen-bond acceptors (Lipinski definition) is 4. The fourth-order valence-corrected chi connectivity index (χ4v) is 0.390. The SMILES string of the molecule is Nc1cc(C(=O)O)on1. The Morgan fingerprint density at radius 3 is 2.78 bits per heavy atom. The Balaban J connectivity index is 2.98. The lowest BCUT2D eigenvalue weighted by Gasteiger charge is -1.76. The number of carboxylic acids is 1. The maximum atomic E-state index is 10.0. The van der Waals surface area contributed by atoms with Crippen LogP contribution in [0.5, 0.6) is 0 Å². The summed E-state index contributed by atoms with van der Waals surface area (Å²) in [6.07, 6.45) is 0. The highest BCUT2D eigenvalue weighted by Crippen LogP contribution is 2.02. The van der Waals surface area contributed by atoms with Crippen LogP contribution in [0.25, 0.3) is 0 Å². The molecule has 1 heterocycles. The summed E-state index contributed by atoms with van der Waals surface area (Å²) in [5.41, 5.74) is 5.05. The van der Waals surface area contributed by atoms with Crippen LogP contribution in [0.1, 0.15) is 10.6 Å². The van der Waals surface area contributed by atoms with E-state index in [2.05, 4.69) is 9.68 Å². The zero-order valence-electron chi connectivity index (χ0n) is 4.37. The van der Waals surface area contributed by atoms with Crippen molar-refractivity contribution in [3.8, 4) is 0 Å². The van der Waals surface area contributed by atoms with E-state index in [4.69, 9.17) is 10.8 Å². The number of nitrogens with two attached hydrogens (primary N) is 1. The normalized spacial score (nSPS) is 9.33. The van der Waals surface area contributed by atoms with Gasteiger partial charge in [0.2, 0.25) is 5.76 Å². The van der Waals surface area contributed by atoms with Gasteiger partial charge in [-0.25, -0.2) is 4.79 Å². The van der Waals surface area contributed by atoms with Crippen molar-refractivity contribution in [1.82, 2.24) is 5.16 Å². The van der Waals surface area contributed by atoms with Crippen molar-refractivity contribution in [2.24, 2.45) is 0 Å². The lowest BCUT2D eigenvalue weighted by atomic mass is 10.4. The molecule has 5 nitrogen and oxygen atoms in total. The third-order valence-corrected chi connectivity index (χ3v) is 0.739. The third-order valence-electron chi connectivity index (χ3n) is 0.739. The second-order valence-corrected chi connectivity index (χ2v) is 1.42. The highest BCUT2D eigenvalue weighted by atomic mass is 16.5. The number of nitrogens with zero attached hydrogens (tertiary/aromatic N) is 1. The van der Waals surface area contributed by atoms with Gasteiger partial charge in [-0.1, -0.05) is 5.16 Å². The molecule has 3 N–H and O–H groups in total. The maximum Gasteiger partial charge on any atom is 0.374 e. The fraction of sp³-hybridized carbons (Fsp3) is 0. The molecule has 0 radical (unpaired) electrons. The summed E-state index contributed by atoms with van der Waals surface area (Å²) in [4.78, 5) is 10.0. The van der Waals surface area contributed by atoms with Gasteiger partial charge < -0.3 is 15.4 Å². The van der Waals surface area contributed by atoms with E-state index >= 15 is 0 Å². The van der Waals surface area contributed by atoms with Crippen LogP contribution in [-0.4, -0.2) is 16.2 Å². The van der Waals surface area contributed by atoms with Crippen molar-refractivity contribution in [2.45, 2.75) is 0 Å². The van der Waals surface area contributed by atoms with Crippen LogP contribution in [0.3, 0.4) is 0 Å². The summed E-state index contributed by atoms with van der Waals surface area (Å²) < 4.78 is 4.25. The molecule has 0 unspecified atom stereocenters. The van der Waals surface area contributed by atoms with Crippen molar-refractivity contribution >= 4 is 11.8 Å². The summed E-state index contributed by atoms with van der Waals surface area (Å²) >= 11 is 0. The van der Waals surface area contributed by atoms with Gasteiger partial charge in [-0.15, -0.1) is 0 Å². The molecule has 0 saturated heterocycles. The number of nitrogen functional groups attached to an aromatic ring is 1. The van der Waals surface area contributed by atoms with E-state index in [1.807, 2.05) is 0 Å². The molecule has 0 aromatic carbocycles. The average Bonchev–Trinajstić information content (AvgIpc) is 2.14. The second kappa shape index (κ2) is 1.77. The first kappa shape index (κ1) is 5.61. The van der Waals surface area contributed by atoms with Gasteiger partial charge in [0.15, 0.2) is 5.82 Å². The first-order valence-electron chi connectivity index (χ1n) is 2.15. The van der Waals surface area contributed by atoms with Crippen molar-refractivity contribution in [3.63, 3.8) is 0 Å². The molecule has 0 saturated carbocycles. The molecule has 0 aliphatic heterocycles. The molecule has 1 aromatic rings. The van der Waals surface area contributed by atoms with Crippen LogP contribution < -0.4 is 5.73 Å². The summed E-state index contributed by atoms with van der Waals surface area (Å²) in [7, 11) is 0. The van der Waals surface area contributed by atoms with Gasteiger partial charge in [0.1, 0.15) is 0 Å². The molecular weight excluding hydrogens is 124 g/mol. The Kier molecular flexibility index (Phi) is 1.11. The van der Waals surface area contributed by atoms with Gasteiger partial charge in [-0.05, 0) is 0 Å². The molecule has 9 heavy (non-hydrogen) atoms. The zero-order valence-corrected chi connectivity index (χ0v) is 4.37. The first-order valence-corrected chi connectivity index (χ1v) is 2.15. The summed E-state index contributed by atoms with van der Waals surface area (Å²) in [6.45, 7) is 0. The molecule has 1 rings (SSSR count). The Hall–Kier alpha value is -1.52. The summed E-state index contributed by atoms with van der Waals surface area (Å²) in [5, 5.41) is 11.4. The van der Waals surface area contributed by atoms with Gasteiger partial charge in [0.25, 0.3) is 0 Å². The van der Waals surface area contributed by atoms with E-state index in [0.717, 1.165) is 6.07 Å². The zero-order chi connectivity index (χ0) is 6.85. The molecule has 0 spiro atoms. The fourth-order valence-electron chi connectivity index (χ4n) is 0.390. The molecule has 0 atom stereocenters. The van der Waals surface area contributed by atoms with E-state index in [1.165, 1.54) is 0 Å². The number of aromatic nitrogens is 1. The lowest BCUT2D eigenvalue weighted by Crippen LogP contribution is -1.91. The highest BCUT2D eigenvalue weighted by molar-refractivity contribution is 5.84. The lowest BCUT2D eigenvalue weighted by molar-refractivity contribution is 0.0652. The van der Waals surface area contributed by atoms with Crippen LogP contribution in [0, 0.1) is 0 Å². The summed E-state index contributed by atoms with van der Waals surface area (Å²) in [5.74, 6) is -1.33. The Bertz CT molecular complexity index is 229. The van der Waals surface area contributed by atoms with Crippen molar-refractivity contribution in [3.05, 3.63) is 11.8 Å². The van der Waals surface area contributed by atoms with Crippen molar-refractivity contribution in [2.75, 3.05) is 5.73 Å². The predicted octanol–water partition coefficient (Wildman–Crippen LogP) is -0.0450. The second-order valence-electron chi connectivity index (χ2n) is 1.42. The average molecular weight is 128 g/mol. The van der Waals surface area contributed by atoms with Crippen LogP contribution in [0.4, 0.5) is 5.82 Å². The van der Waals surface area contributed by atoms with Gasteiger partial charge in [0, 0.05) is 6.07 Å². The molecule has 0 amide bonds. The monoisotopic (exact) mass is 128 g/mol. The number of aromatic carboxylic acids is 1. The van der Waals surface area contributed by atoms with E-state index < -0.39 is 5.97 Å². The quantitative estimate of drug-likeness (QED) is 0.553. The molecule has 0 bridgehead atoms. The van der Waals surface area contributed by atoms with Gasteiger partial charge >= 0.3 is 5.97 Å². The molecular formula is C4H4N2O3. The number of hydrogen-bond donors (Lipinski definition) is 2. The number of carbonyl (C=O) groups is 1. The number of anilines is 1. The van der Waals surface area contributed by atoms with Crippen molar-refractivity contribution in [1.29, 1.82) is 0 Å². The molecule has 1 aromatic heterocycles. The Labute approximate surface area is 50.1 Å². The maximum absolute atomic E-state index is 10.0. The molecule has 5 heteroatoms. The Morgan fingerprint density at radius 2 is 2.56 bits per heavy atom. The van der Waals surface area contributed by atoms with E-state index in [-0.39, 0.29) is 11.6 Å². The summed E-state index contributed by atoms with van der Waals surface area (Å²) in [6, 6.07) is 1.14. The number of rotatable bonds is 1. The minimum absolute atomic E-state index is 0.0763. The topological polar surface area (TPSA) is 89.4 Å². The highest BCUT2D eigenvalue weighted by Gasteiger charge is 2.07. The minimum atomic E-state index is -1.17. The van der Waals surface area contributed by atoms with Crippen LogP contribution >= 0.6 is 0 Å². The molecule has 0 aliphatic rings. The largest absolute Gasteiger partial charge is 0.475 e. The van der Waals surface area contributed by atoms with E-state index in [1.54, 1.807) is 0 Å². The van der Waals surface area contributed by atoms with Gasteiger partial charge in [0.05, 0.1) is 0 Å². The minimum Gasteiger partial charge on any atom is -0.475 e. The molecule has 0 fully saturated rings. The smallest absolute Gasteiger partial charge is 0.374 e. The molecule has 48 valence electrons. The first-order chi connectivity index (χ1) is 4.20. The number of carboxylic acid groups (broad SMARTS) is 1. The van der Waals surface area contributed by atoms with Crippen LogP contribution in [0.2, 0.25) is 0 Å². The predicted molar refractivity (Wildman–Crippen MR) is 27.9 cm³/mol. The van der Waals surface area contributed by atoms with Gasteiger partial charge in [-0.2, -0.15) is 0 Å². The van der Waals surface area contributed by atoms with Crippen molar-refractivity contribution < 1.29 is 14.4 Å². The van der Waals surface area contributed by atoms with E-state index in [0.29, 0.717) is 0 Å². The van der Waals surface area contributed by atoms with Crippen LogP contribution in [0.15, 0.2) is 10.6 Å². The Morgan fingerprint density at radius 1 is 1.89 bits per heavy atom. The standard InChI is InChI=1S/C4H4N2O3/c5-3-1-2(4(7)8)9-6-3/h1H,(H2,5,6)(H,7,8). The third kappa shape index (κ3) is 0.987. The van der Waals surface area contributed by atoms with E-state index in [9.17, 15) is 4.79 Å². The van der Waals surface area contributed by atoms with Crippen LogP contribution in [-0.2, 0) is 0 Å². The van der Waals surface area contributed by atoms with Gasteiger partial charge in [-0.3, -0.25) is 0 Å².